The molecular formula is C22H20ClN3O4. The van der Waals surface area contributed by atoms with Crippen molar-refractivity contribution in [1.82, 2.24) is 0 Å². The topological polar surface area (TPSA) is 79.3 Å². The van der Waals surface area contributed by atoms with Gasteiger partial charge in [0.1, 0.15) is 12.0 Å². The largest absolute Gasteiger partial charge is 0.461 e. The van der Waals surface area contributed by atoms with Gasteiger partial charge in [-0.15, -0.1) is 0 Å². The number of benzene rings is 2. The standard InChI is InChI=1S/C22H20ClN3O4/c1-4-30-22(29)18-17-19(26(24-18)14-8-5-7-12(2)11-14)21(28)25(20(17)27)16-10-6-9-15(23)13(16)3/h5-11,17,19H,4H2,1-3H3. The molecule has 2 aliphatic rings. The zero-order valence-electron chi connectivity index (χ0n) is 16.8. The average molecular weight is 426 g/mol. The Morgan fingerprint density at radius 3 is 2.57 bits per heavy atom. The Kier molecular flexibility index (Phi) is 5.07. The van der Waals surface area contributed by atoms with E-state index in [-0.39, 0.29) is 12.3 Å². The number of amides is 2. The maximum Gasteiger partial charge on any atom is 0.355 e. The Bertz CT molecular complexity index is 1100. The van der Waals surface area contributed by atoms with Crippen molar-refractivity contribution in [2.24, 2.45) is 11.0 Å². The maximum absolute atomic E-state index is 13.5. The summed E-state index contributed by atoms with van der Waals surface area (Å²) < 4.78 is 5.11. The van der Waals surface area contributed by atoms with Crippen LogP contribution in [0.25, 0.3) is 0 Å². The van der Waals surface area contributed by atoms with E-state index in [0.717, 1.165) is 10.5 Å². The predicted octanol–water partition coefficient (Wildman–Crippen LogP) is 3.25. The molecule has 1 fully saturated rings. The van der Waals surface area contributed by atoms with Crippen LogP contribution < -0.4 is 9.91 Å². The van der Waals surface area contributed by atoms with Gasteiger partial charge in [-0.2, -0.15) is 5.10 Å². The third kappa shape index (κ3) is 3.06. The first-order valence-electron chi connectivity index (χ1n) is 9.59. The number of aryl methyl sites for hydroxylation is 1. The van der Waals surface area contributed by atoms with E-state index in [1.807, 2.05) is 25.1 Å². The highest BCUT2D eigenvalue weighted by atomic mass is 35.5. The van der Waals surface area contributed by atoms with Crippen LogP contribution in [0.3, 0.4) is 0 Å². The Labute approximate surface area is 178 Å². The predicted molar refractivity (Wildman–Crippen MR) is 114 cm³/mol. The molecule has 30 heavy (non-hydrogen) atoms. The number of carbonyl (C=O) groups is 3. The maximum atomic E-state index is 13.5. The second kappa shape index (κ2) is 7.57. The van der Waals surface area contributed by atoms with Crippen molar-refractivity contribution < 1.29 is 19.1 Å². The summed E-state index contributed by atoms with van der Waals surface area (Å²) >= 11 is 6.21. The van der Waals surface area contributed by atoms with Gasteiger partial charge in [0.2, 0.25) is 5.91 Å². The fourth-order valence-electron chi connectivity index (χ4n) is 3.85. The van der Waals surface area contributed by atoms with Gasteiger partial charge in [-0.1, -0.05) is 29.8 Å². The number of imide groups is 1. The molecule has 0 N–H and O–H groups in total. The van der Waals surface area contributed by atoms with Crippen LogP contribution in [0.1, 0.15) is 18.1 Å². The van der Waals surface area contributed by atoms with Crippen LogP contribution in [-0.2, 0) is 19.1 Å². The first-order valence-corrected chi connectivity index (χ1v) is 9.97. The third-order valence-electron chi connectivity index (χ3n) is 5.28. The molecule has 1 saturated heterocycles. The van der Waals surface area contributed by atoms with Crippen molar-refractivity contribution in [1.29, 1.82) is 0 Å². The highest BCUT2D eigenvalue weighted by Gasteiger charge is 2.59. The van der Waals surface area contributed by atoms with Gasteiger partial charge < -0.3 is 4.74 Å². The molecule has 2 atom stereocenters. The number of hydrogen-bond donors (Lipinski definition) is 0. The zero-order valence-corrected chi connectivity index (χ0v) is 17.5. The van der Waals surface area contributed by atoms with Crippen molar-refractivity contribution in [3.8, 4) is 0 Å². The molecule has 154 valence electrons. The van der Waals surface area contributed by atoms with Crippen molar-refractivity contribution in [3.63, 3.8) is 0 Å². The summed E-state index contributed by atoms with van der Waals surface area (Å²) in [4.78, 5) is 40.5. The van der Waals surface area contributed by atoms with E-state index in [9.17, 15) is 14.4 Å². The first kappa shape index (κ1) is 20.1. The monoisotopic (exact) mass is 425 g/mol. The number of anilines is 2. The van der Waals surface area contributed by atoms with Gasteiger partial charge in [-0.05, 0) is 56.2 Å². The molecule has 0 bridgehead atoms. The molecule has 2 aromatic carbocycles. The zero-order chi connectivity index (χ0) is 21.6. The van der Waals surface area contributed by atoms with Crippen LogP contribution in [0.5, 0.6) is 0 Å². The van der Waals surface area contributed by atoms with Gasteiger partial charge >= 0.3 is 5.97 Å². The second-order valence-electron chi connectivity index (χ2n) is 7.21. The van der Waals surface area contributed by atoms with Crippen LogP contribution >= 0.6 is 11.6 Å². The van der Waals surface area contributed by atoms with E-state index >= 15 is 0 Å². The van der Waals surface area contributed by atoms with Gasteiger partial charge in [0.25, 0.3) is 5.91 Å². The molecule has 0 saturated carbocycles. The van der Waals surface area contributed by atoms with E-state index in [0.29, 0.717) is 22.0 Å². The van der Waals surface area contributed by atoms with E-state index < -0.39 is 29.7 Å². The molecule has 0 aromatic heterocycles. The van der Waals surface area contributed by atoms with Crippen molar-refractivity contribution >= 4 is 46.5 Å². The highest BCUT2D eigenvalue weighted by molar-refractivity contribution is 6.47. The first-order chi connectivity index (χ1) is 14.3. The fraction of sp³-hybridized carbons (Fsp3) is 0.273. The number of halogens is 1. The van der Waals surface area contributed by atoms with Gasteiger partial charge in [0, 0.05) is 5.02 Å². The number of nitrogens with zero attached hydrogens (tertiary/aromatic N) is 3. The summed E-state index contributed by atoms with van der Waals surface area (Å²) in [5, 5.41) is 6.25. The fourth-order valence-corrected chi connectivity index (χ4v) is 4.02. The van der Waals surface area contributed by atoms with E-state index in [2.05, 4.69) is 5.10 Å². The van der Waals surface area contributed by atoms with Crippen LogP contribution in [0.4, 0.5) is 11.4 Å². The van der Waals surface area contributed by atoms with Crippen LogP contribution in [0, 0.1) is 19.8 Å². The molecule has 2 aromatic rings. The quantitative estimate of drug-likeness (QED) is 0.555. The van der Waals surface area contributed by atoms with E-state index in [1.165, 1.54) is 5.01 Å². The molecule has 0 radical (unpaired) electrons. The molecule has 8 heteroatoms. The number of carbonyl (C=O) groups excluding carboxylic acids is 3. The third-order valence-corrected chi connectivity index (χ3v) is 5.69. The lowest BCUT2D eigenvalue weighted by molar-refractivity contribution is -0.136. The molecule has 0 spiro atoms. The van der Waals surface area contributed by atoms with Crippen molar-refractivity contribution in [2.45, 2.75) is 26.8 Å². The lowest BCUT2D eigenvalue weighted by Crippen LogP contribution is -2.39. The number of fused-ring (bicyclic) bond motifs is 1. The minimum Gasteiger partial charge on any atom is -0.461 e. The van der Waals surface area contributed by atoms with E-state index in [4.69, 9.17) is 16.3 Å². The van der Waals surface area contributed by atoms with Gasteiger partial charge in [-0.25, -0.2) is 9.69 Å². The van der Waals surface area contributed by atoms with Gasteiger partial charge in [0.15, 0.2) is 5.71 Å². The average Bonchev–Trinajstić information content (AvgIpc) is 3.22. The number of hydrazone groups is 1. The summed E-state index contributed by atoms with van der Waals surface area (Å²) in [7, 11) is 0. The van der Waals surface area contributed by atoms with Crippen LogP contribution in [-0.4, -0.2) is 36.1 Å². The molecule has 2 amide bonds. The summed E-state index contributed by atoms with van der Waals surface area (Å²) in [5.74, 6) is -2.72. The summed E-state index contributed by atoms with van der Waals surface area (Å²) in [6.07, 6.45) is 0. The molecule has 2 unspecified atom stereocenters. The summed E-state index contributed by atoms with van der Waals surface area (Å²) in [5.41, 5.74) is 2.53. The molecule has 7 nitrogen and oxygen atoms in total. The Morgan fingerprint density at radius 2 is 1.87 bits per heavy atom. The van der Waals surface area contributed by atoms with Crippen molar-refractivity contribution in [3.05, 3.63) is 58.6 Å². The van der Waals surface area contributed by atoms with Crippen LogP contribution in [0.15, 0.2) is 47.6 Å². The number of esters is 1. The summed E-state index contributed by atoms with van der Waals surface area (Å²) in [6, 6.07) is 11.4. The molecular weight excluding hydrogens is 406 g/mol. The molecule has 4 rings (SSSR count). The van der Waals surface area contributed by atoms with Crippen LogP contribution in [0.2, 0.25) is 5.02 Å². The molecule has 2 aliphatic heterocycles. The summed E-state index contributed by atoms with van der Waals surface area (Å²) in [6.45, 7) is 5.46. The Hall–Kier alpha value is -3.19. The highest BCUT2D eigenvalue weighted by Crippen LogP contribution is 2.39. The Morgan fingerprint density at radius 1 is 1.13 bits per heavy atom. The Balaban J connectivity index is 1.83. The SMILES string of the molecule is CCOC(=O)C1=NN(c2cccc(C)c2)C2C(=O)N(c3cccc(Cl)c3C)C(=O)C12. The number of hydrogen-bond acceptors (Lipinski definition) is 6. The number of rotatable bonds is 4. The normalized spacial score (nSPS) is 20.5. The van der Waals surface area contributed by atoms with Gasteiger partial charge in [0.05, 0.1) is 18.0 Å². The second-order valence-corrected chi connectivity index (χ2v) is 7.61. The lowest BCUT2D eigenvalue weighted by atomic mass is 9.97. The minimum absolute atomic E-state index is 0.0658. The van der Waals surface area contributed by atoms with Crippen molar-refractivity contribution in [2.75, 3.05) is 16.5 Å². The number of ether oxygens (including phenoxy) is 1. The minimum atomic E-state index is -1.05. The van der Waals surface area contributed by atoms with Gasteiger partial charge in [-0.3, -0.25) is 14.6 Å². The molecule has 2 heterocycles. The smallest absolute Gasteiger partial charge is 0.355 e. The van der Waals surface area contributed by atoms with E-state index in [1.54, 1.807) is 38.1 Å². The lowest BCUT2D eigenvalue weighted by Gasteiger charge is -2.23. The molecule has 0 aliphatic carbocycles.